The molecule has 0 amide bonds. The van der Waals surface area contributed by atoms with Gasteiger partial charge in [0.25, 0.3) is 0 Å². The second-order valence-corrected chi connectivity index (χ2v) is 9.60. The lowest BCUT2D eigenvalue weighted by molar-refractivity contribution is -0.162. The molecule has 0 spiro atoms. The van der Waals surface area contributed by atoms with E-state index in [1.165, 1.54) is 19.1 Å². The van der Waals surface area contributed by atoms with Crippen molar-refractivity contribution < 1.29 is 28.8 Å². The average molecular weight is 465 g/mol. The van der Waals surface area contributed by atoms with Crippen LogP contribution in [-0.2, 0) is 36.6 Å². The van der Waals surface area contributed by atoms with Gasteiger partial charge in [0.05, 0.1) is 12.7 Å². The number of aliphatic hydroxyl groups is 1. The summed E-state index contributed by atoms with van der Waals surface area (Å²) in [6.45, 7) is 5.57. The summed E-state index contributed by atoms with van der Waals surface area (Å²) in [5, 5.41) is 9.86. The summed E-state index contributed by atoms with van der Waals surface area (Å²) >= 11 is 0. The van der Waals surface area contributed by atoms with Crippen LogP contribution in [0.2, 0.25) is 0 Å². The van der Waals surface area contributed by atoms with Crippen LogP contribution in [0, 0.1) is 0 Å². The van der Waals surface area contributed by atoms with E-state index in [-0.39, 0.29) is 12.3 Å². The number of carbonyl (C=O) groups excluding carboxylic acids is 1. The van der Waals surface area contributed by atoms with Crippen LogP contribution in [-0.4, -0.2) is 56.0 Å². The second-order valence-electron chi connectivity index (χ2n) is 9.60. The van der Waals surface area contributed by atoms with Crippen LogP contribution in [0.15, 0.2) is 24.3 Å². The van der Waals surface area contributed by atoms with Crippen molar-refractivity contribution in [3.63, 3.8) is 0 Å². The van der Waals surface area contributed by atoms with Gasteiger partial charge in [-0.3, -0.25) is 0 Å². The number of hydrogen-bond donors (Lipinski definition) is 1. The van der Waals surface area contributed by atoms with Crippen molar-refractivity contribution in [2.75, 3.05) is 26.9 Å². The van der Waals surface area contributed by atoms with E-state index in [9.17, 15) is 9.90 Å². The SMILES string of the molecule is COC(=O)C(Cc1ccccc1CCCCCCOC1CCCCO1)OCCCC(C)(C)O. The van der Waals surface area contributed by atoms with Gasteiger partial charge in [-0.1, -0.05) is 37.1 Å². The number of carbonyl (C=O) groups is 1. The van der Waals surface area contributed by atoms with Crippen LogP contribution in [0.25, 0.3) is 0 Å². The van der Waals surface area contributed by atoms with Crippen LogP contribution in [0.3, 0.4) is 0 Å². The molecule has 1 N–H and O–H groups in total. The van der Waals surface area contributed by atoms with Crippen molar-refractivity contribution in [3.05, 3.63) is 35.4 Å². The van der Waals surface area contributed by atoms with Crippen LogP contribution < -0.4 is 0 Å². The Morgan fingerprint density at radius 1 is 1.09 bits per heavy atom. The smallest absolute Gasteiger partial charge is 0.335 e. The monoisotopic (exact) mass is 464 g/mol. The maximum absolute atomic E-state index is 12.3. The zero-order chi connectivity index (χ0) is 23.9. The first-order chi connectivity index (χ1) is 15.9. The Morgan fingerprint density at radius 3 is 2.55 bits per heavy atom. The highest BCUT2D eigenvalue weighted by molar-refractivity contribution is 5.75. The largest absolute Gasteiger partial charge is 0.467 e. The lowest BCUT2D eigenvalue weighted by Gasteiger charge is -2.22. The minimum atomic E-state index is -0.730. The summed E-state index contributed by atoms with van der Waals surface area (Å²) in [7, 11) is 1.39. The first-order valence-electron chi connectivity index (χ1n) is 12.6. The van der Waals surface area contributed by atoms with Crippen molar-refractivity contribution in [3.8, 4) is 0 Å². The zero-order valence-electron chi connectivity index (χ0n) is 20.9. The Kier molecular flexibility index (Phi) is 13.0. The molecule has 1 aliphatic rings. The summed E-state index contributed by atoms with van der Waals surface area (Å²) in [4.78, 5) is 12.3. The third-order valence-electron chi connectivity index (χ3n) is 6.02. The van der Waals surface area contributed by atoms with Gasteiger partial charge in [0.2, 0.25) is 0 Å². The van der Waals surface area contributed by atoms with E-state index in [2.05, 4.69) is 12.1 Å². The molecular formula is C27H44O6. The Balaban J connectivity index is 1.73. The van der Waals surface area contributed by atoms with Crippen molar-refractivity contribution in [1.82, 2.24) is 0 Å². The molecule has 0 bridgehead atoms. The molecule has 1 aromatic rings. The Hall–Kier alpha value is -1.47. The standard InChI is InChI=1S/C27H44O6/c1-27(2,29)17-12-20-31-24(26(28)30-3)21-23-15-8-7-14-22(23)13-6-4-5-10-18-32-25-16-9-11-19-33-25/h7-8,14-15,24-25,29H,4-6,9-13,16-21H2,1-3H3. The second kappa shape index (κ2) is 15.4. The summed E-state index contributed by atoms with van der Waals surface area (Å²) in [6.07, 6.45) is 10.00. The third-order valence-corrected chi connectivity index (χ3v) is 6.02. The van der Waals surface area contributed by atoms with Crippen LogP contribution in [0.5, 0.6) is 0 Å². The van der Waals surface area contributed by atoms with Crippen molar-refractivity contribution in [1.29, 1.82) is 0 Å². The molecule has 1 aromatic carbocycles. The van der Waals surface area contributed by atoms with E-state index in [0.29, 0.717) is 25.9 Å². The molecule has 6 nitrogen and oxygen atoms in total. The molecule has 2 atom stereocenters. The number of unbranched alkanes of at least 4 members (excludes halogenated alkanes) is 3. The Bertz CT molecular complexity index is 663. The fourth-order valence-corrected chi connectivity index (χ4v) is 4.10. The maximum Gasteiger partial charge on any atom is 0.335 e. The van der Waals surface area contributed by atoms with Crippen LogP contribution in [0.1, 0.15) is 82.8 Å². The quantitative estimate of drug-likeness (QED) is 0.275. The molecule has 0 aromatic heterocycles. The number of ether oxygens (including phenoxy) is 4. The molecule has 0 saturated carbocycles. The van der Waals surface area contributed by atoms with Gasteiger partial charge in [0.15, 0.2) is 12.4 Å². The Morgan fingerprint density at radius 2 is 1.85 bits per heavy atom. The van der Waals surface area contributed by atoms with Gasteiger partial charge >= 0.3 is 5.97 Å². The maximum atomic E-state index is 12.3. The fraction of sp³-hybridized carbons (Fsp3) is 0.741. The first kappa shape index (κ1) is 27.8. The topological polar surface area (TPSA) is 74.2 Å². The van der Waals surface area contributed by atoms with Crippen LogP contribution >= 0.6 is 0 Å². The summed E-state index contributed by atoms with van der Waals surface area (Å²) in [5.74, 6) is -0.352. The van der Waals surface area contributed by atoms with Gasteiger partial charge in [-0.15, -0.1) is 0 Å². The van der Waals surface area contributed by atoms with E-state index < -0.39 is 11.7 Å². The predicted molar refractivity (Wildman–Crippen MR) is 129 cm³/mol. The molecule has 6 heteroatoms. The minimum Gasteiger partial charge on any atom is -0.467 e. The van der Waals surface area contributed by atoms with Gasteiger partial charge in [-0.2, -0.15) is 0 Å². The molecule has 2 rings (SSSR count). The van der Waals surface area contributed by atoms with Gasteiger partial charge in [-0.05, 0) is 76.3 Å². The molecule has 1 heterocycles. The van der Waals surface area contributed by atoms with Gasteiger partial charge in [-0.25, -0.2) is 4.79 Å². The van der Waals surface area contributed by atoms with E-state index in [1.807, 2.05) is 12.1 Å². The molecule has 0 radical (unpaired) electrons. The number of rotatable bonds is 16. The normalized spacial score (nSPS) is 17.6. The highest BCUT2D eigenvalue weighted by Gasteiger charge is 2.22. The number of aryl methyl sites for hydroxylation is 1. The summed E-state index contributed by atoms with van der Waals surface area (Å²) < 4.78 is 22.2. The van der Waals surface area contributed by atoms with Crippen molar-refractivity contribution in [2.24, 2.45) is 0 Å². The number of hydrogen-bond acceptors (Lipinski definition) is 6. The van der Waals surface area contributed by atoms with Crippen molar-refractivity contribution in [2.45, 2.75) is 102 Å². The van der Waals surface area contributed by atoms with E-state index in [1.54, 1.807) is 13.8 Å². The predicted octanol–water partition coefficient (Wildman–Crippen LogP) is 4.98. The molecule has 2 unspecified atom stereocenters. The van der Waals surface area contributed by atoms with Gasteiger partial charge < -0.3 is 24.1 Å². The molecule has 0 aliphatic carbocycles. The number of esters is 1. The Labute approximate surface area is 199 Å². The lowest BCUT2D eigenvalue weighted by atomic mass is 9.97. The van der Waals surface area contributed by atoms with Gasteiger partial charge in [0, 0.05) is 26.2 Å². The molecule has 188 valence electrons. The van der Waals surface area contributed by atoms with Crippen LogP contribution in [0.4, 0.5) is 0 Å². The minimum absolute atomic E-state index is 0.00531. The summed E-state index contributed by atoms with van der Waals surface area (Å²) in [5.41, 5.74) is 1.67. The molecule has 1 saturated heterocycles. The molecule has 1 fully saturated rings. The third kappa shape index (κ3) is 12.0. The molecule has 1 aliphatic heterocycles. The number of methoxy groups -OCH3 is 1. The van der Waals surface area contributed by atoms with Crippen molar-refractivity contribution >= 4 is 5.97 Å². The number of benzene rings is 1. The summed E-state index contributed by atoms with van der Waals surface area (Å²) in [6, 6.07) is 8.27. The lowest BCUT2D eigenvalue weighted by Crippen LogP contribution is -2.29. The first-order valence-corrected chi connectivity index (χ1v) is 12.6. The average Bonchev–Trinajstić information content (AvgIpc) is 2.80. The van der Waals surface area contributed by atoms with E-state index in [4.69, 9.17) is 18.9 Å². The van der Waals surface area contributed by atoms with E-state index in [0.717, 1.165) is 63.7 Å². The molecular weight excluding hydrogens is 420 g/mol. The highest BCUT2D eigenvalue weighted by Crippen LogP contribution is 2.19. The molecule has 33 heavy (non-hydrogen) atoms. The van der Waals surface area contributed by atoms with Gasteiger partial charge in [0.1, 0.15) is 0 Å². The van der Waals surface area contributed by atoms with E-state index >= 15 is 0 Å². The highest BCUT2D eigenvalue weighted by atomic mass is 16.7. The fourth-order valence-electron chi connectivity index (χ4n) is 4.10. The zero-order valence-corrected chi connectivity index (χ0v) is 20.9.